The van der Waals surface area contributed by atoms with Gasteiger partial charge in [0.15, 0.2) is 0 Å². The molecule has 4 heteroatoms. The van der Waals surface area contributed by atoms with E-state index in [0.717, 1.165) is 35.6 Å². The summed E-state index contributed by atoms with van der Waals surface area (Å²) in [6.07, 6.45) is 6.95. The zero-order valence-electron chi connectivity index (χ0n) is 46.7. The zero-order chi connectivity index (χ0) is 55.3. The van der Waals surface area contributed by atoms with Gasteiger partial charge in [-0.05, 0) is 210 Å². The standard InChI is InChI=1S/C66H53N3.C12H9N/c1-44-42-63(67(48-22-8-5-9-23-48)49-24-10-6-11-25-49)46(3)40-59(44)65-55-30-14-16-32-57(55)66(58-33-17-15-31-56(58)65)60-41-47(4)64(43-45(60)2)68(50-26-12-7-13-27-50)51-36-38-52(39-37-51)69-61-34-20-18-28-53(61)54-29-19-21-35-62(54)69;1-3-7-11-9(5-1)10-6-2-4-8-12(10)13-11/h5-18,20,22-43H,19,21H2,1-4H3;1-8,13H. The van der Waals surface area contributed by atoms with Crippen molar-refractivity contribution in [1.29, 1.82) is 0 Å². The average molecular weight is 1060 g/mol. The van der Waals surface area contributed by atoms with Gasteiger partial charge in [-0.2, -0.15) is 0 Å². The Bertz CT molecular complexity index is 4690. The molecule has 2 heterocycles. The number of anilines is 6. The van der Waals surface area contributed by atoms with Gasteiger partial charge in [0, 0.05) is 77.6 Å². The first kappa shape index (κ1) is 50.1. The maximum atomic E-state index is 3.38. The number of aromatic amines is 1. The number of para-hydroxylation sites is 6. The molecular weight excluding hydrogens is 993 g/mol. The van der Waals surface area contributed by atoms with Gasteiger partial charge in [-0.25, -0.2) is 0 Å². The lowest BCUT2D eigenvalue weighted by Gasteiger charge is -2.29. The van der Waals surface area contributed by atoms with Crippen LogP contribution in [0, 0.1) is 27.7 Å². The average Bonchev–Trinajstić information content (AvgIpc) is 2.31. The van der Waals surface area contributed by atoms with Gasteiger partial charge in [0.1, 0.15) is 0 Å². The predicted molar refractivity (Wildman–Crippen MR) is 351 cm³/mol. The highest BCUT2D eigenvalue weighted by atomic mass is 15.2. The van der Waals surface area contributed by atoms with Gasteiger partial charge in [0.05, 0.1) is 5.52 Å². The van der Waals surface area contributed by atoms with E-state index < -0.39 is 0 Å². The molecule has 1 N–H and O–H groups in total. The van der Waals surface area contributed by atoms with Crippen LogP contribution < -0.4 is 20.4 Å². The number of H-pyrrole nitrogens is 1. The third-order valence-corrected chi connectivity index (χ3v) is 16.7. The quantitative estimate of drug-likeness (QED) is 0.146. The van der Waals surface area contributed by atoms with Crippen molar-refractivity contribution in [2.24, 2.45) is 0 Å². The van der Waals surface area contributed by atoms with E-state index in [9.17, 15) is 0 Å². The molecule has 1 aliphatic rings. The summed E-state index contributed by atoms with van der Waals surface area (Å²) in [5.74, 6) is 0. The van der Waals surface area contributed by atoms with Gasteiger partial charge in [0.25, 0.3) is 0 Å². The summed E-state index contributed by atoms with van der Waals surface area (Å²) in [5, 5.41) is 11.6. The number of hydrogen-bond acceptors (Lipinski definition) is 2. The molecule has 1 aliphatic carbocycles. The number of nitrogens with zero attached hydrogens (tertiary/aromatic N) is 3. The Morgan fingerprint density at radius 1 is 0.329 bits per heavy atom. The van der Waals surface area contributed by atoms with Crippen LogP contribution in [0.25, 0.3) is 94.3 Å². The summed E-state index contributed by atoms with van der Waals surface area (Å²) < 4.78 is 2.43. The molecule has 14 aromatic rings. The third kappa shape index (κ3) is 8.81. The summed E-state index contributed by atoms with van der Waals surface area (Å²) in [6.45, 7) is 9.08. The topological polar surface area (TPSA) is 27.2 Å². The number of aryl methyl sites for hydroxylation is 4. The molecule has 0 fully saturated rings. The van der Waals surface area contributed by atoms with Crippen molar-refractivity contribution < 1.29 is 0 Å². The van der Waals surface area contributed by atoms with E-state index in [2.05, 4.69) is 320 Å². The van der Waals surface area contributed by atoms with Gasteiger partial charge >= 0.3 is 0 Å². The smallest absolute Gasteiger partial charge is 0.0540 e. The molecule has 0 spiro atoms. The Kier molecular flexibility index (Phi) is 12.9. The normalized spacial score (nSPS) is 12.0. The third-order valence-electron chi connectivity index (χ3n) is 16.7. The van der Waals surface area contributed by atoms with E-state index in [1.807, 2.05) is 0 Å². The number of nitrogens with one attached hydrogen (secondary N) is 1. The molecule has 82 heavy (non-hydrogen) atoms. The Hall–Kier alpha value is -10.2. The fourth-order valence-electron chi connectivity index (χ4n) is 12.9. The second kappa shape index (κ2) is 21.1. The minimum absolute atomic E-state index is 1.06. The molecule has 0 atom stereocenters. The van der Waals surface area contributed by atoms with E-state index >= 15 is 0 Å². The number of aromatic nitrogens is 2. The van der Waals surface area contributed by atoms with Crippen LogP contribution in [-0.4, -0.2) is 9.55 Å². The first-order valence-corrected chi connectivity index (χ1v) is 28.7. The van der Waals surface area contributed by atoms with Gasteiger partial charge in [-0.3, -0.25) is 0 Å². The van der Waals surface area contributed by atoms with Crippen LogP contribution >= 0.6 is 0 Å². The lowest BCUT2D eigenvalue weighted by molar-refractivity contribution is 1.02. The molecule has 0 amide bonds. The molecule has 0 saturated carbocycles. The van der Waals surface area contributed by atoms with Gasteiger partial charge in [0.2, 0.25) is 0 Å². The molecule has 12 aromatic carbocycles. The number of hydrogen-bond donors (Lipinski definition) is 1. The first-order valence-electron chi connectivity index (χ1n) is 28.7. The lowest BCUT2D eigenvalue weighted by Crippen LogP contribution is -2.30. The Balaban J connectivity index is 0.000000404. The number of rotatable bonds is 9. The zero-order valence-corrected chi connectivity index (χ0v) is 46.7. The van der Waals surface area contributed by atoms with E-state index in [1.165, 1.54) is 126 Å². The van der Waals surface area contributed by atoms with Crippen molar-refractivity contribution in [2.45, 2.75) is 40.5 Å². The highest BCUT2D eigenvalue weighted by Crippen LogP contribution is 2.49. The molecule has 0 bridgehead atoms. The Morgan fingerprint density at radius 3 is 1.15 bits per heavy atom. The highest BCUT2D eigenvalue weighted by molar-refractivity contribution is 6.22. The van der Waals surface area contributed by atoms with Crippen molar-refractivity contribution >= 4 is 101 Å². The van der Waals surface area contributed by atoms with Crippen LogP contribution in [0.3, 0.4) is 0 Å². The van der Waals surface area contributed by atoms with Gasteiger partial charge < -0.3 is 19.4 Å². The first-order chi connectivity index (χ1) is 40.4. The maximum Gasteiger partial charge on any atom is 0.0540 e. The van der Waals surface area contributed by atoms with E-state index in [-0.39, 0.29) is 0 Å². The van der Waals surface area contributed by atoms with Crippen molar-refractivity contribution in [1.82, 2.24) is 9.55 Å². The van der Waals surface area contributed by atoms with E-state index in [0.29, 0.717) is 0 Å². The van der Waals surface area contributed by atoms with Crippen LogP contribution in [0.5, 0.6) is 0 Å². The van der Waals surface area contributed by atoms with Crippen LogP contribution in [0.15, 0.2) is 261 Å². The van der Waals surface area contributed by atoms with Gasteiger partial charge in [-0.15, -0.1) is 0 Å². The number of benzene rings is 12. The van der Waals surface area contributed by atoms with Crippen LogP contribution in [0.1, 0.15) is 35.1 Å². The largest absolute Gasteiger partial charge is 0.355 e. The second-order valence-corrected chi connectivity index (χ2v) is 21.8. The lowest BCUT2D eigenvalue weighted by atomic mass is 9.83. The fraction of sp³-hybridized carbons (Fsp3) is 0.0769. The Morgan fingerprint density at radius 2 is 0.695 bits per heavy atom. The summed E-state index contributed by atoms with van der Waals surface area (Å²) in [6, 6.07) is 94.6. The van der Waals surface area contributed by atoms with E-state index in [4.69, 9.17) is 0 Å². The van der Waals surface area contributed by atoms with Crippen molar-refractivity contribution in [3.63, 3.8) is 0 Å². The summed E-state index contributed by atoms with van der Waals surface area (Å²) in [7, 11) is 0. The summed E-state index contributed by atoms with van der Waals surface area (Å²) in [5.41, 5.74) is 21.6. The monoisotopic (exact) mass is 1050 g/mol. The van der Waals surface area contributed by atoms with Gasteiger partial charge in [-0.1, -0.05) is 170 Å². The fourth-order valence-corrected chi connectivity index (χ4v) is 12.9. The van der Waals surface area contributed by atoms with Crippen LogP contribution in [0.4, 0.5) is 34.1 Å². The molecule has 394 valence electrons. The van der Waals surface area contributed by atoms with Crippen molar-refractivity contribution in [3.05, 3.63) is 294 Å². The van der Waals surface area contributed by atoms with Crippen LogP contribution in [0.2, 0.25) is 0 Å². The van der Waals surface area contributed by atoms with E-state index in [1.54, 1.807) is 0 Å². The van der Waals surface area contributed by atoms with Crippen molar-refractivity contribution in [3.8, 4) is 27.9 Å². The minimum atomic E-state index is 1.06. The van der Waals surface area contributed by atoms with Crippen LogP contribution in [-0.2, 0) is 0 Å². The summed E-state index contributed by atoms with van der Waals surface area (Å²) in [4.78, 5) is 8.18. The molecule has 0 aliphatic heterocycles. The SMILES string of the molecule is Cc1cc(N(c2ccccc2)c2ccccc2)c(C)cc1-c1c2ccccc2c(-c2cc(C)c(N(c3ccccc3)c3ccc(-n4c5c(c6ccccc64)=CCCC=5)cc3)cc2C)c2ccccc12.c1ccc2c(c1)[nH]c1ccccc12. The second-order valence-electron chi connectivity index (χ2n) is 21.8. The highest BCUT2D eigenvalue weighted by Gasteiger charge is 2.24. The molecule has 4 nitrogen and oxygen atoms in total. The van der Waals surface area contributed by atoms with Crippen molar-refractivity contribution in [2.75, 3.05) is 9.80 Å². The molecular formula is C78H62N4. The molecule has 2 aromatic heterocycles. The molecule has 0 unspecified atom stereocenters. The summed E-state index contributed by atoms with van der Waals surface area (Å²) >= 11 is 0. The minimum Gasteiger partial charge on any atom is -0.355 e. The maximum absolute atomic E-state index is 3.38. The molecule has 0 radical (unpaired) electrons. The molecule has 0 saturated heterocycles. The molecule has 15 rings (SSSR count). The number of fused-ring (bicyclic) bond motifs is 8. The Labute approximate surface area is 479 Å². The predicted octanol–water partition coefficient (Wildman–Crippen LogP) is 20.1.